The smallest absolute Gasteiger partial charge is 0.240 e. The lowest BCUT2D eigenvalue weighted by Gasteiger charge is -2.33. The van der Waals surface area contributed by atoms with E-state index in [1.807, 2.05) is 26.0 Å². The summed E-state index contributed by atoms with van der Waals surface area (Å²) in [5, 5.41) is 12.0. The van der Waals surface area contributed by atoms with Gasteiger partial charge in [0, 0.05) is 19.1 Å². The lowest BCUT2D eigenvalue weighted by Crippen LogP contribution is -2.51. The molecular weight excluding hydrogens is 250 g/mol. The van der Waals surface area contributed by atoms with Gasteiger partial charge in [-0.3, -0.25) is 4.79 Å². The van der Waals surface area contributed by atoms with Crippen molar-refractivity contribution in [1.82, 2.24) is 10.2 Å². The largest absolute Gasteiger partial charge is 0.338 e. The summed E-state index contributed by atoms with van der Waals surface area (Å²) in [6, 6.07) is 10.3. The molecule has 1 aliphatic heterocycles. The van der Waals surface area contributed by atoms with E-state index in [-0.39, 0.29) is 18.0 Å². The lowest BCUT2D eigenvalue weighted by atomic mass is 9.95. The summed E-state index contributed by atoms with van der Waals surface area (Å²) in [7, 11) is 0. The van der Waals surface area contributed by atoms with Crippen LogP contribution in [0.25, 0.3) is 0 Å². The van der Waals surface area contributed by atoms with Crippen molar-refractivity contribution in [2.45, 2.75) is 45.3 Å². The molecule has 0 unspecified atom stereocenters. The van der Waals surface area contributed by atoms with Crippen molar-refractivity contribution < 1.29 is 4.79 Å². The van der Waals surface area contributed by atoms with Crippen molar-refractivity contribution in [1.29, 1.82) is 5.26 Å². The first-order chi connectivity index (χ1) is 9.63. The maximum Gasteiger partial charge on any atom is 0.240 e. The molecule has 1 amide bonds. The van der Waals surface area contributed by atoms with E-state index in [4.69, 9.17) is 5.26 Å². The number of carbonyl (C=O) groups is 1. The quantitative estimate of drug-likeness (QED) is 0.909. The molecule has 1 aromatic carbocycles. The molecule has 0 bridgehead atoms. The first kappa shape index (κ1) is 14.5. The molecule has 0 saturated heterocycles. The highest BCUT2D eigenvalue weighted by atomic mass is 16.2. The van der Waals surface area contributed by atoms with Gasteiger partial charge in [-0.15, -0.1) is 0 Å². The Morgan fingerprint density at radius 1 is 1.45 bits per heavy atom. The second kappa shape index (κ2) is 6.53. The van der Waals surface area contributed by atoms with Crippen molar-refractivity contribution in [3.63, 3.8) is 0 Å². The summed E-state index contributed by atoms with van der Waals surface area (Å²) < 4.78 is 0. The highest BCUT2D eigenvalue weighted by Gasteiger charge is 2.28. The molecule has 106 valence electrons. The van der Waals surface area contributed by atoms with Crippen molar-refractivity contribution in [2.75, 3.05) is 6.54 Å². The molecule has 20 heavy (non-hydrogen) atoms. The van der Waals surface area contributed by atoms with Gasteiger partial charge in [0.05, 0.1) is 18.5 Å². The van der Waals surface area contributed by atoms with Crippen LogP contribution in [0.3, 0.4) is 0 Å². The average Bonchev–Trinajstić information content (AvgIpc) is 2.46. The van der Waals surface area contributed by atoms with E-state index in [9.17, 15) is 4.79 Å². The molecule has 0 saturated carbocycles. The third-order valence-corrected chi connectivity index (χ3v) is 3.75. The van der Waals surface area contributed by atoms with Crippen LogP contribution >= 0.6 is 0 Å². The summed E-state index contributed by atoms with van der Waals surface area (Å²) in [6.07, 6.45) is 1.11. The van der Waals surface area contributed by atoms with Crippen LogP contribution in [-0.4, -0.2) is 29.4 Å². The van der Waals surface area contributed by atoms with Crippen LogP contribution in [0.2, 0.25) is 0 Å². The molecule has 0 aromatic heterocycles. The number of nitriles is 1. The number of fused-ring (bicyclic) bond motifs is 1. The van der Waals surface area contributed by atoms with Crippen LogP contribution in [0.5, 0.6) is 0 Å². The highest BCUT2D eigenvalue weighted by molar-refractivity contribution is 5.83. The molecule has 2 rings (SSSR count). The van der Waals surface area contributed by atoms with Crippen LogP contribution in [0, 0.1) is 11.3 Å². The number of nitrogens with one attached hydrogen (secondary N) is 1. The van der Waals surface area contributed by atoms with Crippen molar-refractivity contribution >= 4 is 5.91 Å². The first-order valence-electron chi connectivity index (χ1n) is 7.11. The average molecular weight is 271 g/mol. The van der Waals surface area contributed by atoms with Gasteiger partial charge in [0.15, 0.2) is 0 Å². The normalized spacial score (nSPS) is 17.4. The summed E-state index contributed by atoms with van der Waals surface area (Å²) in [6.45, 7) is 5.22. The molecular formula is C16H21N3O. The van der Waals surface area contributed by atoms with Crippen LogP contribution in [0.4, 0.5) is 0 Å². The predicted octanol–water partition coefficient (Wildman–Crippen LogP) is 1.85. The van der Waals surface area contributed by atoms with Gasteiger partial charge in [-0.05, 0) is 31.4 Å². The molecule has 0 aliphatic carbocycles. The van der Waals surface area contributed by atoms with Crippen LogP contribution in [-0.2, 0) is 17.8 Å². The molecule has 4 nitrogen and oxygen atoms in total. The number of nitrogens with zero attached hydrogens (tertiary/aromatic N) is 2. The Hall–Kier alpha value is -1.86. The van der Waals surface area contributed by atoms with E-state index in [1.165, 1.54) is 11.1 Å². The Morgan fingerprint density at radius 2 is 2.15 bits per heavy atom. The third-order valence-electron chi connectivity index (χ3n) is 3.75. The van der Waals surface area contributed by atoms with Crippen LogP contribution in [0.1, 0.15) is 31.4 Å². The summed E-state index contributed by atoms with van der Waals surface area (Å²) >= 11 is 0. The van der Waals surface area contributed by atoms with Gasteiger partial charge < -0.3 is 10.2 Å². The van der Waals surface area contributed by atoms with Gasteiger partial charge in [-0.2, -0.15) is 5.26 Å². The minimum Gasteiger partial charge on any atom is -0.338 e. The molecule has 1 N–H and O–H groups in total. The Balaban J connectivity index is 2.08. The van der Waals surface area contributed by atoms with Gasteiger partial charge >= 0.3 is 0 Å². The SMILES string of the molecule is CC(C)N(CCC#N)C(=O)[C@H]1Cc2ccccc2CN1. The summed E-state index contributed by atoms with van der Waals surface area (Å²) in [5.41, 5.74) is 2.51. The molecule has 1 atom stereocenters. The maximum absolute atomic E-state index is 12.6. The van der Waals surface area contributed by atoms with E-state index >= 15 is 0 Å². The number of amides is 1. The minimum absolute atomic E-state index is 0.102. The topological polar surface area (TPSA) is 56.1 Å². The Morgan fingerprint density at radius 3 is 2.80 bits per heavy atom. The summed E-state index contributed by atoms with van der Waals surface area (Å²) in [4.78, 5) is 14.4. The predicted molar refractivity (Wildman–Crippen MR) is 77.9 cm³/mol. The highest BCUT2D eigenvalue weighted by Crippen LogP contribution is 2.18. The van der Waals surface area contributed by atoms with Crippen LogP contribution < -0.4 is 5.32 Å². The number of hydrogen-bond acceptors (Lipinski definition) is 3. The van der Waals surface area contributed by atoms with Gasteiger partial charge in [-0.1, -0.05) is 24.3 Å². The summed E-state index contributed by atoms with van der Waals surface area (Å²) in [5.74, 6) is 0.102. The van der Waals surface area contributed by atoms with Gasteiger partial charge in [-0.25, -0.2) is 0 Å². The van der Waals surface area contributed by atoms with E-state index in [0.717, 1.165) is 13.0 Å². The fourth-order valence-electron chi connectivity index (χ4n) is 2.62. The van der Waals surface area contributed by atoms with Crippen molar-refractivity contribution in [2.24, 2.45) is 0 Å². The fraction of sp³-hybridized carbons (Fsp3) is 0.500. The molecule has 0 spiro atoms. The lowest BCUT2D eigenvalue weighted by molar-refractivity contribution is -0.135. The molecule has 1 aromatic rings. The first-order valence-corrected chi connectivity index (χ1v) is 7.11. The second-order valence-electron chi connectivity index (χ2n) is 5.44. The van der Waals surface area contributed by atoms with E-state index < -0.39 is 0 Å². The molecule has 1 aliphatic rings. The van der Waals surface area contributed by atoms with E-state index in [0.29, 0.717) is 13.0 Å². The molecule has 4 heteroatoms. The Kier molecular flexibility index (Phi) is 4.75. The minimum atomic E-state index is -0.175. The van der Waals surface area contributed by atoms with Gasteiger partial charge in [0.1, 0.15) is 0 Å². The van der Waals surface area contributed by atoms with Gasteiger partial charge in [0.2, 0.25) is 5.91 Å². The zero-order valence-corrected chi connectivity index (χ0v) is 12.1. The number of rotatable bonds is 4. The molecule has 0 fully saturated rings. The fourth-order valence-corrected chi connectivity index (χ4v) is 2.62. The Labute approximate surface area is 120 Å². The second-order valence-corrected chi connectivity index (χ2v) is 5.44. The molecule has 0 radical (unpaired) electrons. The van der Waals surface area contributed by atoms with Crippen LogP contribution in [0.15, 0.2) is 24.3 Å². The van der Waals surface area contributed by atoms with Crippen molar-refractivity contribution in [3.8, 4) is 6.07 Å². The third kappa shape index (κ3) is 3.17. The van der Waals surface area contributed by atoms with E-state index in [2.05, 4.69) is 23.5 Å². The van der Waals surface area contributed by atoms with Gasteiger partial charge in [0.25, 0.3) is 0 Å². The zero-order valence-electron chi connectivity index (χ0n) is 12.1. The molecule has 1 heterocycles. The number of hydrogen-bond donors (Lipinski definition) is 1. The Bertz CT molecular complexity index is 519. The zero-order chi connectivity index (χ0) is 14.5. The van der Waals surface area contributed by atoms with E-state index in [1.54, 1.807) is 4.90 Å². The standard InChI is InChI=1S/C16H21N3O/c1-12(2)19(9-5-8-17)16(20)15-10-13-6-3-4-7-14(13)11-18-15/h3-4,6-7,12,15,18H,5,9-11H2,1-2H3/t15-/m1/s1. The maximum atomic E-state index is 12.6. The van der Waals surface area contributed by atoms with Crippen molar-refractivity contribution in [3.05, 3.63) is 35.4 Å². The monoisotopic (exact) mass is 271 g/mol. The number of benzene rings is 1. The number of carbonyl (C=O) groups excluding carboxylic acids is 1.